The van der Waals surface area contributed by atoms with Crippen molar-refractivity contribution in [1.29, 1.82) is 0 Å². The van der Waals surface area contributed by atoms with Gasteiger partial charge in [0.25, 0.3) is 0 Å². The Kier molecular flexibility index (Phi) is 7.14. The van der Waals surface area contributed by atoms with Crippen molar-refractivity contribution in [3.63, 3.8) is 0 Å². The van der Waals surface area contributed by atoms with Gasteiger partial charge in [0.05, 0.1) is 16.6 Å². The Labute approximate surface area is 250 Å². The van der Waals surface area contributed by atoms with Gasteiger partial charge in [-0.15, -0.1) is 0 Å². The quantitative estimate of drug-likeness (QED) is 0.225. The van der Waals surface area contributed by atoms with Gasteiger partial charge in [0.15, 0.2) is 17.5 Å². The first-order valence-corrected chi connectivity index (χ1v) is 14.6. The van der Waals surface area contributed by atoms with E-state index in [1.165, 1.54) is 25.4 Å². The topological polar surface area (TPSA) is 96.2 Å². The minimum absolute atomic E-state index is 0.0820. The largest absolute Gasteiger partial charge is 0.508 e. The standard InChI is InChI=1S/C31H30F4N6O3/c1-43-39-19-5-9-40(10-6-19)29-22-14-36-27(21-12-20(42)11-17-3-4-23(33)25(34)24(17)21)26(35)28(22)37-30(38-29)44-16-31-7-2-8-41(31)15-18(32)13-31/h3-4,11-12,14,18,42H,2,5-10,13,15-16H2,1H3/t18-,31+/m1/s1. The number of oxime groups is 1. The number of hydrogen-bond donors (Lipinski definition) is 1. The summed E-state index contributed by atoms with van der Waals surface area (Å²) in [6, 6.07) is 4.57. The van der Waals surface area contributed by atoms with Gasteiger partial charge < -0.3 is 19.6 Å². The lowest BCUT2D eigenvalue weighted by atomic mass is 9.95. The third-order valence-electron chi connectivity index (χ3n) is 8.98. The van der Waals surface area contributed by atoms with E-state index in [4.69, 9.17) is 9.57 Å². The number of anilines is 1. The molecule has 44 heavy (non-hydrogen) atoms. The van der Waals surface area contributed by atoms with Gasteiger partial charge in [-0.1, -0.05) is 11.2 Å². The van der Waals surface area contributed by atoms with Gasteiger partial charge in [-0.2, -0.15) is 9.97 Å². The number of rotatable bonds is 6. The fraction of sp³-hybridized carbons (Fsp3) is 0.419. The number of aromatic nitrogens is 3. The first kappa shape index (κ1) is 28.5. The van der Waals surface area contributed by atoms with Gasteiger partial charge in [0.2, 0.25) is 0 Å². The molecule has 0 bridgehead atoms. The number of hydrogen-bond acceptors (Lipinski definition) is 9. The van der Waals surface area contributed by atoms with Crippen LogP contribution in [0, 0.1) is 17.5 Å². The molecule has 7 rings (SSSR count). The van der Waals surface area contributed by atoms with Crippen molar-refractivity contribution < 1.29 is 32.2 Å². The number of piperidine rings is 1. The molecule has 3 saturated heterocycles. The van der Waals surface area contributed by atoms with Crippen LogP contribution in [0.3, 0.4) is 0 Å². The van der Waals surface area contributed by atoms with Crippen molar-refractivity contribution in [1.82, 2.24) is 19.9 Å². The average Bonchev–Trinajstić information content (AvgIpc) is 3.54. The molecule has 0 unspecified atom stereocenters. The van der Waals surface area contributed by atoms with Gasteiger partial charge >= 0.3 is 6.01 Å². The normalized spacial score (nSPS) is 22.2. The van der Waals surface area contributed by atoms with Crippen molar-refractivity contribution in [3.05, 3.63) is 47.9 Å². The van der Waals surface area contributed by atoms with Crippen LogP contribution in [-0.4, -0.2) is 82.3 Å². The molecular formula is C31H30F4N6O3. The highest BCUT2D eigenvalue weighted by Crippen LogP contribution is 2.41. The van der Waals surface area contributed by atoms with Crippen molar-refractivity contribution in [2.75, 3.05) is 44.8 Å². The minimum atomic E-state index is -1.18. The molecule has 2 atom stereocenters. The van der Waals surface area contributed by atoms with Gasteiger partial charge in [-0.3, -0.25) is 9.88 Å². The maximum absolute atomic E-state index is 16.5. The van der Waals surface area contributed by atoms with Crippen molar-refractivity contribution in [2.24, 2.45) is 5.16 Å². The first-order valence-electron chi connectivity index (χ1n) is 14.6. The Hall–Kier alpha value is -4.26. The fourth-order valence-corrected chi connectivity index (χ4v) is 6.93. The minimum Gasteiger partial charge on any atom is -0.508 e. The molecule has 1 N–H and O–H groups in total. The van der Waals surface area contributed by atoms with Crippen LogP contribution in [0.25, 0.3) is 32.9 Å². The molecule has 0 aliphatic carbocycles. The molecule has 2 aromatic carbocycles. The second-order valence-corrected chi connectivity index (χ2v) is 11.7. The van der Waals surface area contributed by atoms with E-state index in [2.05, 4.69) is 25.0 Å². The molecule has 0 amide bonds. The lowest BCUT2D eigenvalue weighted by molar-refractivity contribution is 0.107. The van der Waals surface area contributed by atoms with Gasteiger partial charge in [0, 0.05) is 56.0 Å². The smallest absolute Gasteiger partial charge is 0.319 e. The fourth-order valence-electron chi connectivity index (χ4n) is 6.93. The van der Waals surface area contributed by atoms with Crippen LogP contribution in [0.5, 0.6) is 11.8 Å². The lowest BCUT2D eigenvalue weighted by Crippen LogP contribution is -2.43. The number of nitrogens with zero attached hydrogens (tertiary/aromatic N) is 6. The Bertz CT molecular complexity index is 1800. The molecule has 13 heteroatoms. The highest BCUT2D eigenvalue weighted by molar-refractivity contribution is 6.00. The van der Waals surface area contributed by atoms with Crippen LogP contribution in [-0.2, 0) is 4.84 Å². The predicted molar refractivity (Wildman–Crippen MR) is 156 cm³/mol. The second kappa shape index (κ2) is 11.0. The number of phenols is 1. The highest BCUT2D eigenvalue weighted by atomic mass is 19.2. The SMILES string of the molecule is CON=C1CCN(c2nc(OC[C@@]34CCCN3C[C@H](F)C4)nc3c(F)c(-c4cc(O)cc5ccc(F)c(F)c45)ncc23)CC1. The average molecular weight is 611 g/mol. The number of halogens is 4. The Morgan fingerprint density at radius 2 is 1.91 bits per heavy atom. The third-order valence-corrected chi connectivity index (χ3v) is 8.98. The summed E-state index contributed by atoms with van der Waals surface area (Å²) in [6.07, 6.45) is 3.68. The van der Waals surface area contributed by atoms with Crippen LogP contribution < -0.4 is 9.64 Å². The van der Waals surface area contributed by atoms with Crippen molar-refractivity contribution in [3.8, 4) is 23.0 Å². The molecular weight excluding hydrogens is 580 g/mol. The highest BCUT2D eigenvalue weighted by Gasteiger charge is 2.49. The number of phenolic OH excluding ortho intramolecular Hbond substituents is 1. The lowest BCUT2D eigenvalue weighted by Gasteiger charge is -2.31. The molecule has 3 aliphatic rings. The Morgan fingerprint density at radius 1 is 1.09 bits per heavy atom. The summed E-state index contributed by atoms with van der Waals surface area (Å²) < 4.78 is 66.4. The first-order chi connectivity index (χ1) is 21.3. The van der Waals surface area contributed by atoms with Crippen molar-refractivity contribution >= 4 is 33.2 Å². The molecule has 0 saturated carbocycles. The van der Waals surface area contributed by atoms with E-state index < -0.39 is 29.2 Å². The van der Waals surface area contributed by atoms with E-state index in [9.17, 15) is 13.9 Å². The number of aromatic hydroxyl groups is 1. The summed E-state index contributed by atoms with van der Waals surface area (Å²) in [7, 11) is 1.49. The molecule has 3 fully saturated rings. The van der Waals surface area contributed by atoms with Crippen LogP contribution in [0.15, 0.2) is 35.6 Å². The summed E-state index contributed by atoms with van der Waals surface area (Å²) in [5, 5.41) is 14.7. The van der Waals surface area contributed by atoms with E-state index in [1.54, 1.807) is 0 Å². The number of pyridine rings is 1. The molecule has 5 heterocycles. The number of ether oxygens (including phenoxy) is 1. The van der Waals surface area contributed by atoms with E-state index in [-0.39, 0.29) is 45.9 Å². The third kappa shape index (κ3) is 4.83. The molecule has 230 valence electrons. The van der Waals surface area contributed by atoms with Crippen LogP contribution in [0.4, 0.5) is 23.4 Å². The maximum Gasteiger partial charge on any atom is 0.319 e. The van der Waals surface area contributed by atoms with Crippen LogP contribution in [0.2, 0.25) is 0 Å². The van der Waals surface area contributed by atoms with Crippen LogP contribution >= 0.6 is 0 Å². The summed E-state index contributed by atoms with van der Waals surface area (Å²) in [5.41, 5.74) is -0.160. The van der Waals surface area contributed by atoms with Gasteiger partial charge in [-0.25, -0.2) is 17.6 Å². The summed E-state index contributed by atoms with van der Waals surface area (Å²) in [6.45, 7) is 2.31. The summed E-state index contributed by atoms with van der Waals surface area (Å²) in [4.78, 5) is 22.4. The molecule has 2 aromatic heterocycles. The van der Waals surface area contributed by atoms with Gasteiger partial charge in [-0.05, 0) is 43.0 Å². The van der Waals surface area contributed by atoms with E-state index in [0.717, 1.165) is 37.2 Å². The number of fused-ring (bicyclic) bond motifs is 3. The Morgan fingerprint density at radius 3 is 2.70 bits per heavy atom. The zero-order valence-corrected chi connectivity index (χ0v) is 24.0. The zero-order valence-electron chi connectivity index (χ0n) is 24.0. The van der Waals surface area contributed by atoms with Gasteiger partial charge in [0.1, 0.15) is 42.7 Å². The molecule has 4 aromatic rings. The van der Waals surface area contributed by atoms with E-state index >= 15 is 8.78 Å². The number of benzene rings is 2. The molecule has 9 nitrogen and oxygen atoms in total. The van der Waals surface area contributed by atoms with Crippen LogP contribution in [0.1, 0.15) is 32.1 Å². The summed E-state index contributed by atoms with van der Waals surface area (Å²) >= 11 is 0. The van der Waals surface area contributed by atoms with E-state index in [1.807, 2.05) is 4.90 Å². The maximum atomic E-state index is 16.5. The monoisotopic (exact) mass is 610 g/mol. The van der Waals surface area contributed by atoms with E-state index in [0.29, 0.717) is 50.1 Å². The molecule has 0 radical (unpaired) electrons. The molecule has 0 spiro atoms. The van der Waals surface area contributed by atoms with Crippen molar-refractivity contribution in [2.45, 2.75) is 43.8 Å². The zero-order chi connectivity index (χ0) is 30.6. The predicted octanol–water partition coefficient (Wildman–Crippen LogP) is 5.53. The molecule has 3 aliphatic heterocycles. The number of alkyl halides is 1. The summed E-state index contributed by atoms with van der Waals surface area (Å²) in [5.74, 6) is -3.08. The second-order valence-electron chi connectivity index (χ2n) is 11.7. The Balaban J connectivity index is 1.35.